The predicted molar refractivity (Wildman–Crippen MR) is 74.0 cm³/mol. The number of hydrogen-bond donors (Lipinski definition) is 2. The molecule has 2 aliphatic heterocycles. The lowest BCUT2D eigenvalue weighted by Gasteiger charge is -2.34. The van der Waals surface area contributed by atoms with Gasteiger partial charge in [0.1, 0.15) is 0 Å². The Morgan fingerprint density at radius 1 is 1.21 bits per heavy atom. The number of hydrogen-bond acceptors (Lipinski definition) is 4. The highest BCUT2D eigenvalue weighted by Crippen LogP contribution is 2.19. The van der Waals surface area contributed by atoms with Crippen molar-refractivity contribution < 1.29 is 13.5 Å². The quantitative estimate of drug-likeness (QED) is 0.740. The first-order valence-corrected chi connectivity index (χ1v) is 8.52. The van der Waals surface area contributed by atoms with Gasteiger partial charge in [-0.3, -0.25) is 0 Å². The maximum atomic E-state index is 12.3. The van der Waals surface area contributed by atoms with Gasteiger partial charge in [-0.2, -0.15) is 17.4 Å². The van der Waals surface area contributed by atoms with Gasteiger partial charge >= 0.3 is 0 Å². The van der Waals surface area contributed by atoms with E-state index in [9.17, 15) is 13.5 Å². The topological polar surface area (TPSA) is 72.9 Å². The predicted octanol–water partition coefficient (Wildman–Crippen LogP) is -0.381. The molecule has 2 rings (SSSR count). The molecule has 0 aromatic carbocycles. The number of aliphatic hydroxyl groups excluding tert-OH is 1. The molecular weight excluding hydrogens is 266 g/mol. The second kappa shape index (κ2) is 6.49. The summed E-state index contributed by atoms with van der Waals surface area (Å²) >= 11 is 0. The Morgan fingerprint density at radius 2 is 1.89 bits per heavy atom. The highest BCUT2D eigenvalue weighted by atomic mass is 32.2. The molecule has 0 aromatic rings. The highest BCUT2D eigenvalue weighted by molar-refractivity contribution is 7.87. The summed E-state index contributed by atoms with van der Waals surface area (Å²) in [6, 6.07) is 0.0516. The van der Waals surface area contributed by atoms with Gasteiger partial charge in [-0.25, -0.2) is 0 Å². The van der Waals surface area contributed by atoms with E-state index in [1.807, 2.05) is 0 Å². The van der Waals surface area contributed by atoms with Crippen LogP contribution < -0.4 is 4.72 Å². The number of nitrogens with zero attached hydrogens (tertiary/aromatic N) is 2. The lowest BCUT2D eigenvalue weighted by Crippen LogP contribution is -2.51. The van der Waals surface area contributed by atoms with Gasteiger partial charge in [0.2, 0.25) is 0 Å². The van der Waals surface area contributed by atoms with Crippen molar-refractivity contribution in [1.82, 2.24) is 13.9 Å². The molecule has 0 radical (unpaired) electrons. The van der Waals surface area contributed by atoms with E-state index in [2.05, 4.69) is 16.7 Å². The van der Waals surface area contributed by atoms with E-state index >= 15 is 0 Å². The first-order valence-electron chi connectivity index (χ1n) is 7.08. The molecule has 0 aliphatic carbocycles. The highest BCUT2D eigenvalue weighted by Gasteiger charge is 2.31. The molecule has 6 nitrogen and oxygen atoms in total. The SMILES string of the molecule is CN1CCC(NS(=O)(=O)N2CCCC(CO)C2)CC1. The van der Waals surface area contributed by atoms with Crippen molar-refractivity contribution in [1.29, 1.82) is 0 Å². The fourth-order valence-electron chi connectivity index (χ4n) is 2.81. The summed E-state index contributed by atoms with van der Waals surface area (Å²) in [5.74, 6) is 0.0859. The molecule has 7 heteroatoms. The summed E-state index contributed by atoms with van der Waals surface area (Å²) in [6.07, 6.45) is 3.48. The Hall–Kier alpha value is -0.210. The van der Waals surface area contributed by atoms with Crippen LogP contribution >= 0.6 is 0 Å². The van der Waals surface area contributed by atoms with Gasteiger partial charge in [-0.05, 0) is 51.7 Å². The molecule has 0 saturated carbocycles. The van der Waals surface area contributed by atoms with Gasteiger partial charge in [-0.1, -0.05) is 0 Å². The average molecular weight is 291 g/mol. The molecule has 2 fully saturated rings. The molecule has 1 atom stereocenters. The molecule has 112 valence electrons. The minimum absolute atomic E-state index is 0.0516. The smallest absolute Gasteiger partial charge is 0.279 e. The first kappa shape index (κ1) is 15.2. The minimum atomic E-state index is -3.39. The number of likely N-dealkylation sites (tertiary alicyclic amines) is 1. The molecule has 2 aliphatic rings. The van der Waals surface area contributed by atoms with Crippen LogP contribution in [-0.2, 0) is 10.2 Å². The molecular formula is C12H25N3O3S. The molecule has 0 bridgehead atoms. The van der Waals surface area contributed by atoms with E-state index in [1.54, 1.807) is 0 Å². The van der Waals surface area contributed by atoms with Gasteiger partial charge < -0.3 is 10.0 Å². The summed E-state index contributed by atoms with van der Waals surface area (Å²) in [5.41, 5.74) is 0. The lowest BCUT2D eigenvalue weighted by atomic mass is 10.0. The number of piperidine rings is 2. The largest absolute Gasteiger partial charge is 0.396 e. The van der Waals surface area contributed by atoms with Gasteiger partial charge in [0, 0.05) is 25.7 Å². The van der Waals surface area contributed by atoms with Gasteiger partial charge in [0.15, 0.2) is 0 Å². The summed E-state index contributed by atoms with van der Waals surface area (Å²) in [5, 5.41) is 9.18. The number of nitrogens with one attached hydrogen (secondary N) is 1. The van der Waals surface area contributed by atoms with E-state index in [4.69, 9.17) is 0 Å². The van der Waals surface area contributed by atoms with Crippen LogP contribution in [0.15, 0.2) is 0 Å². The first-order chi connectivity index (χ1) is 9.01. The Bertz CT molecular complexity index is 380. The zero-order valence-electron chi connectivity index (χ0n) is 11.6. The van der Waals surface area contributed by atoms with Crippen LogP contribution in [0.3, 0.4) is 0 Å². The summed E-state index contributed by atoms with van der Waals surface area (Å²) < 4.78 is 28.9. The van der Waals surface area contributed by atoms with Crippen LogP contribution in [0.25, 0.3) is 0 Å². The molecule has 0 spiro atoms. The van der Waals surface area contributed by atoms with Crippen LogP contribution in [0.1, 0.15) is 25.7 Å². The molecule has 1 unspecified atom stereocenters. The number of aliphatic hydroxyl groups is 1. The van der Waals surface area contributed by atoms with E-state index in [0.717, 1.165) is 38.8 Å². The van der Waals surface area contributed by atoms with Crippen molar-refractivity contribution >= 4 is 10.2 Å². The molecule has 19 heavy (non-hydrogen) atoms. The van der Waals surface area contributed by atoms with E-state index < -0.39 is 10.2 Å². The van der Waals surface area contributed by atoms with Crippen LogP contribution in [0.2, 0.25) is 0 Å². The van der Waals surface area contributed by atoms with E-state index in [0.29, 0.717) is 13.1 Å². The third kappa shape index (κ3) is 4.13. The Morgan fingerprint density at radius 3 is 2.53 bits per heavy atom. The molecule has 0 amide bonds. The summed E-state index contributed by atoms with van der Waals surface area (Å²) in [7, 11) is -1.33. The molecule has 2 saturated heterocycles. The van der Waals surface area contributed by atoms with Gasteiger partial charge in [-0.15, -0.1) is 0 Å². The number of rotatable bonds is 4. The molecule has 2 N–H and O–H groups in total. The lowest BCUT2D eigenvalue weighted by molar-refractivity contribution is 0.163. The van der Waals surface area contributed by atoms with Crippen molar-refractivity contribution in [3.8, 4) is 0 Å². The van der Waals surface area contributed by atoms with Crippen molar-refractivity contribution in [3.05, 3.63) is 0 Å². The second-order valence-electron chi connectivity index (χ2n) is 5.75. The Kier molecular flexibility index (Phi) is 5.19. The molecule has 0 aromatic heterocycles. The zero-order chi connectivity index (χ0) is 13.9. The zero-order valence-corrected chi connectivity index (χ0v) is 12.4. The third-order valence-electron chi connectivity index (χ3n) is 4.11. The summed E-state index contributed by atoms with van der Waals surface area (Å²) in [6.45, 7) is 2.95. The maximum absolute atomic E-state index is 12.3. The third-order valence-corrected chi connectivity index (χ3v) is 5.76. The monoisotopic (exact) mass is 291 g/mol. The van der Waals surface area contributed by atoms with Gasteiger partial charge in [0.25, 0.3) is 10.2 Å². The second-order valence-corrected chi connectivity index (χ2v) is 7.45. The average Bonchev–Trinajstić information content (AvgIpc) is 2.41. The van der Waals surface area contributed by atoms with Crippen molar-refractivity contribution in [3.63, 3.8) is 0 Å². The van der Waals surface area contributed by atoms with Crippen molar-refractivity contribution in [2.24, 2.45) is 5.92 Å². The van der Waals surface area contributed by atoms with Crippen molar-refractivity contribution in [2.75, 3.05) is 39.8 Å². The fourth-order valence-corrected chi connectivity index (χ4v) is 4.39. The van der Waals surface area contributed by atoms with E-state index in [-0.39, 0.29) is 18.6 Å². The Labute approximate surface area is 116 Å². The fraction of sp³-hybridized carbons (Fsp3) is 1.00. The van der Waals surface area contributed by atoms with E-state index in [1.165, 1.54) is 4.31 Å². The van der Waals surface area contributed by atoms with Crippen LogP contribution in [0.5, 0.6) is 0 Å². The minimum Gasteiger partial charge on any atom is -0.396 e. The molecule has 2 heterocycles. The van der Waals surface area contributed by atoms with Crippen LogP contribution in [-0.4, -0.2) is 68.6 Å². The van der Waals surface area contributed by atoms with Crippen molar-refractivity contribution in [2.45, 2.75) is 31.7 Å². The summed E-state index contributed by atoms with van der Waals surface area (Å²) in [4.78, 5) is 2.22. The standard InChI is InChI=1S/C12H25N3O3S/c1-14-7-4-12(5-8-14)13-19(17,18)15-6-2-3-11(9-15)10-16/h11-13,16H,2-10H2,1H3. The maximum Gasteiger partial charge on any atom is 0.279 e. The normalized spacial score (nSPS) is 28.6. The van der Waals surface area contributed by atoms with Gasteiger partial charge in [0.05, 0.1) is 0 Å². The van der Waals surface area contributed by atoms with Crippen LogP contribution in [0, 0.1) is 5.92 Å². The van der Waals surface area contributed by atoms with Crippen LogP contribution in [0.4, 0.5) is 0 Å². The Balaban J connectivity index is 1.90.